The Hall–Kier alpha value is -1.23. The summed E-state index contributed by atoms with van der Waals surface area (Å²) in [6, 6.07) is 10.2. The number of rotatable bonds is 4. The van der Waals surface area contributed by atoms with E-state index in [2.05, 4.69) is 22.5 Å². The minimum absolute atomic E-state index is 0.307. The molecule has 3 rings (SSSR count). The molecule has 0 aliphatic heterocycles. The van der Waals surface area contributed by atoms with Crippen molar-refractivity contribution in [2.75, 3.05) is 7.11 Å². The molecule has 3 nitrogen and oxygen atoms in total. The van der Waals surface area contributed by atoms with Gasteiger partial charge in [0.05, 0.1) is 22.4 Å². The monoisotopic (exact) mass is 303 g/mol. The van der Waals surface area contributed by atoms with Crippen LogP contribution in [0.3, 0.4) is 0 Å². The minimum Gasteiger partial charge on any atom is -0.389 e. The molecule has 112 valence electrons. The van der Waals surface area contributed by atoms with Crippen LogP contribution in [-0.2, 0) is 11.2 Å². The summed E-state index contributed by atoms with van der Waals surface area (Å²) in [5.74, 6) is 0. The maximum Gasteiger partial charge on any atom is 0.0961 e. The smallest absolute Gasteiger partial charge is 0.0961 e. The second kappa shape index (κ2) is 6.26. The van der Waals surface area contributed by atoms with Gasteiger partial charge in [-0.05, 0) is 25.7 Å². The number of aromatic nitrogens is 1. The Bertz CT molecular complexity index is 573. The predicted octanol–water partition coefficient (Wildman–Crippen LogP) is 3.67. The summed E-state index contributed by atoms with van der Waals surface area (Å²) >= 11 is 1.64. The summed E-state index contributed by atoms with van der Waals surface area (Å²) in [5, 5.41) is 13.8. The number of hydrogen-bond acceptors (Lipinski definition) is 4. The summed E-state index contributed by atoms with van der Waals surface area (Å²) in [5.41, 5.74) is 1.53. The topological polar surface area (TPSA) is 42.4 Å². The van der Waals surface area contributed by atoms with Gasteiger partial charge in [-0.25, -0.2) is 4.98 Å². The number of ether oxygens (including phenoxy) is 1. The quantitative estimate of drug-likeness (QED) is 0.937. The first-order valence-electron chi connectivity index (χ1n) is 7.43. The molecular formula is C17H21NO2S. The number of benzene rings is 1. The van der Waals surface area contributed by atoms with Gasteiger partial charge >= 0.3 is 0 Å². The Labute approximate surface area is 129 Å². The predicted molar refractivity (Wildman–Crippen MR) is 85.5 cm³/mol. The average Bonchev–Trinajstić information content (AvgIpc) is 2.97. The molecule has 0 bridgehead atoms. The Morgan fingerprint density at radius 2 is 2.00 bits per heavy atom. The van der Waals surface area contributed by atoms with Crippen LogP contribution in [0.2, 0.25) is 0 Å². The lowest BCUT2D eigenvalue weighted by atomic mass is 9.81. The molecule has 1 N–H and O–H groups in total. The Balaban J connectivity index is 1.67. The molecule has 1 aliphatic carbocycles. The average molecular weight is 303 g/mol. The van der Waals surface area contributed by atoms with Crippen molar-refractivity contribution in [1.82, 2.24) is 4.98 Å². The van der Waals surface area contributed by atoms with Crippen LogP contribution in [0, 0.1) is 0 Å². The maximum absolute atomic E-state index is 10.7. The SMILES string of the molecule is COC1CCC(O)(Cc2nc(-c3ccccc3)cs2)CC1. The molecule has 0 amide bonds. The molecule has 0 spiro atoms. The van der Waals surface area contributed by atoms with Crippen LogP contribution in [0.4, 0.5) is 0 Å². The normalized spacial score (nSPS) is 25.9. The van der Waals surface area contributed by atoms with Crippen molar-refractivity contribution in [3.63, 3.8) is 0 Å². The van der Waals surface area contributed by atoms with Crippen LogP contribution in [0.1, 0.15) is 30.7 Å². The maximum atomic E-state index is 10.7. The summed E-state index contributed by atoms with van der Waals surface area (Å²) in [7, 11) is 1.75. The lowest BCUT2D eigenvalue weighted by Crippen LogP contribution is -2.38. The number of thiazole rings is 1. The van der Waals surface area contributed by atoms with Crippen molar-refractivity contribution in [3.8, 4) is 11.3 Å². The van der Waals surface area contributed by atoms with Crippen LogP contribution < -0.4 is 0 Å². The van der Waals surface area contributed by atoms with E-state index >= 15 is 0 Å². The molecule has 1 aromatic heterocycles. The third-order valence-electron chi connectivity index (χ3n) is 4.30. The Morgan fingerprint density at radius 3 is 2.67 bits per heavy atom. The van der Waals surface area contributed by atoms with E-state index in [9.17, 15) is 5.11 Å². The minimum atomic E-state index is -0.610. The van der Waals surface area contributed by atoms with E-state index in [0.717, 1.165) is 41.9 Å². The van der Waals surface area contributed by atoms with Crippen molar-refractivity contribution in [3.05, 3.63) is 40.7 Å². The van der Waals surface area contributed by atoms with Gasteiger partial charge in [0.25, 0.3) is 0 Å². The number of nitrogens with zero attached hydrogens (tertiary/aromatic N) is 1. The van der Waals surface area contributed by atoms with Crippen molar-refractivity contribution in [2.24, 2.45) is 0 Å². The Morgan fingerprint density at radius 1 is 1.29 bits per heavy atom. The van der Waals surface area contributed by atoms with E-state index in [1.54, 1.807) is 18.4 Å². The van der Waals surface area contributed by atoms with E-state index < -0.39 is 5.60 Å². The summed E-state index contributed by atoms with van der Waals surface area (Å²) < 4.78 is 5.37. The number of methoxy groups -OCH3 is 1. The molecular weight excluding hydrogens is 282 g/mol. The van der Waals surface area contributed by atoms with Gasteiger partial charge < -0.3 is 9.84 Å². The summed E-state index contributed by atoms with van der Waals surface area (Å²) in [6.45, 7) is 0. The molecule has 1 aromatic carbocycles. The van der Waals surface area contributed by atoms with Gasteiger partial charge in [-0.1, -0.05) is 30.3 Å². The van der Waals surface area contributed by atoms with Crippen LogP contribution in [0.15, 0.2) is 35.7 Å². The summed E-state index contributed by atoms with van der Waals surface area (Å²) in [4.78, 5) is 4.69. The van der Waals surface area contributed by atoms with Gasteiger partial charge in [0, 0.05) is 24.5 Å². The molecule has 21 heavy (non-hydrogen) atoms. The molecule has 1 fully saturated rings. The first kappa shape index (κ1) is 14.7. The van der Waals surface area contributed by atoms with Gasteiger partial charge in [0.2, 0.25) is 0 Å². The highest BCUT2D eigenvalue weighted by Crippen LogP contribution is 2.34. The highest BCUT2D eigenvalue weighted by atomic mass is 32.1. The van der Waals surface area contributed by atoms with Gasteiger partial charge in [0.1, 0.15) is 0 Å². The highest BCUT2D eigenvalue weighted by molar-refractivity contribution is 7.09. The van der Waals surface area contributed by atoms with E-state index in [4.69, 9.17) is 4.74 Å². The lowest BCUT2D eigenvalue weighted by Gasteiger charge is -2.34. The van der Waals surface area contributed by atoms with Gasteiger partial charge in [0.15, 0.2) is 0 Å². The molecule has 1 saturated carbocycles. The molecule has 0 unspecified atom stereocenters. The van der Waals surface area contributed by atoms with E-state index in [0.29, 0.717) is 12.5 Å². The fraction of sp³-hybridized carbons (Fsp3) is 0.471. The van der Waals surface area contributed by atoms with Crippen molar-refractivity contribution >= 4 is 11.3 Å². The van der Waals surface area contributed by atoms with Crippen LogP contribution >= 0.6 is 11.3 Å². The van der Waals surface area contributed by atoms with Gasteiger partial charge in [-0.15, -0.1) is 11.3 Å². The first-order chi connectivity index (χ1) is 10.2. The summed E-state index contributed by atoms with van der Waals surface area (Å²) in [6.07, 6.45) is 4.42. The van der Waals surface area contributed by atoms with Crippen molar-refractivity contribution < 1.29 is 9.84 Å². The number of aliphatic hydroxyl groups is 1. The fourth-order valence-corrected chi connectivity index (χ4v) is 3.90. The molecule has 2 aromatic rings. The first-order valence-corrected chi connectivity index (χ1v) is 8.31. The van der Waals surface area contributed by atoms with E-state index in [1.807, 2.05) is 18.2 Å². The lowest BCUT2D eigenvalue weighted by molar-refractivity contribution is -0.0427. The zero-order chi connectivity index (χ0) is 14.7. The fourth-order valence-electron chi connectivity index (χ4n) is 2.96. The van der Waals surface area contributed by atoms with Crippen LogP contribution in [0.25, 0.3) is 11.3 Å². The third kappa shape index (κ3) is 3.51. The van der Waals surface area contributed by atoms with Crippen LogP contribution in [0.5, 0.6) is 0 Å². The zero-order valence-corrected chi connectivity index (χ0v) is 13.1. The molecule has 1 aliphatic rings. The zero-order valence-electron chi connectivity index (χ0n) is 12.3. The highest BCUT2D eigenvalue weighted by Gasteiger charge is 2.34. The van der Waals surface area contributed by atoms with Crippen molar-refractivity contribution in [2.45, 2.75) is 43.8 Å². The Kier molecular flexibility index (Phi) is 4.38. The second-order valence-corrected chi connectivity index (χ2v) is 6.77. The number of hydrogen-bond donors (Lipinski definition) is 1. The standard InChI is InChI=1S/C17H21NO2S/c1-20-14-7-9-17(19,10-8-14)11-16-18-15(12-21-16)13-5-3-2-4-6-13/h2-6,12,14,19H,7-11H2,1H3. The molecule has 0 saturated heterocycles. The second-order valence-electron chi connectivity index (χ2n) is 5.83. The molecule has 1 heterocycles. The van der Waals surface area contributed by atoms with E-state index in [-0.39, 0.29) is 0 Å². The molecule has 4 heteroatoms. The van der Waals surface area contributed by atoms with E-state index in [1.165, 1.54) is 0 Å². The molecule has 0 radical (unpaired) electrons. The van der Waals surface area contributed by atoms with Crippen molar-refractivity contribution in [1.29, 1.82) is 0 Å². The van der Waals surface area contributed by atoms with Gasteiger partial charge in [-0.2, -0.15) is 0 Å². The third-order valence-corrected chi connectivity index (χ3v) is 5.15. The largest absolute Gasteiger partial charge is 0.389 e. The van der Waals surface area contributed by atoms with Gasteiger partial charge in [-0.3, -0.25) is 0 Å². The molecule has 0 atom stereocenters. The van der Waals surface area contributed by atoms with Crippen LogP contribution in [-0.4, -0.2) is 28.9 Å².